The molecule has 0 radical (unpaired) electrons. The van der Waals surface area contributed by atoms with Crippen LogP contribution in [0, 0.1) is 12.8 Å². The summed E-state index contributed by atoms with van der Waals surface area (Å²) in [6, 6.07) is 18.9. The molecule has 8 nitrogen and oxygen atoms in total. The number of nitrogens with one attached hydrogen (secondary N) is 1. The molecule has 2 amide bonds. The number of aromatic nitrogens is 3. The fourth-order valence-corrected chi connectivity index (χ4v) is 3.91. The lowest BCUT2D eigenvalue weighted by Gasteiger charge is -2.16. The van der Waals surface area contributed by atoms with Crippen LogP contribution in [0.15, 0.2) is 77.6 Å². The molecule has 1 aliphatic heterocycles. The van der Waals surface area contributed by atoms with E-state index in [1.165, 1.54) is 0 Å². The van der Waals surface area contributed by atoms with Crippen LogP contribution in [0.4, 0.5) is 5.69 Å². The van der Waals surface area contributed by atoms with E-state index in [2.05, 4.69) is 20.4 Å². The van der Waals surface area contributed by atoms with Gasteiger partial charge in [-0.05, 0) is 55.0 Å². The zero-order chi connectivity index (χ0) is 23.5. The first-order valence-electron chi connectivity index (χ1n) is 11.0. The predicted molar refractivity (Wildman–Crippen MR) is 126 cm³/mol. The molecule has 5 rings (SSSR count). The van der Waals surface area contributed by atoms with Crippen LogP contribution >= 0.6 is 0 Å². The Balaban J connectivity index is 1.20. The molecule has 0 saturated carbocycles. The number of likely N-dealkylation sites (tertiary alicyclic amines) is 1. The summed E-state index contributed by atoms with van der Waals surface area (Å²) in [4.78, 5) is 35.4. The van der Waals surface area contributed by atoms with Gasteiger partial charge in [-0.15, -0.1) is 0 Å². The van der Waals surface area contributed by atoms with Gasteiger partial charge in [0.1, 0.15) is 0 Å². The number of rotatable bonds is 6. The molecule has 0 bridgehead atoms. The van der Waals surface area contributed by atoms with Crippen molar-refractivity contribution in [2.24, 2.45) is 5.92 Å². The van der Waals surface area contributed by atoms with E-state index in [-0.39, 0.29) is 18.2 Å². The maximum absolute atomic E-state index is 12.8. The van der Waals surface area contributed by atoms with Gasteiger partial charge in [0.2, 0.25) is 17.6 Å². The minimum Gasteiger partial charge on any atom is -0.337 e. The Bertz CT molecular complexity index is 1300. The van der Waals surface area contributed by atoms with E-state index >= 15 is 0 Å². The lowest BCUT2D eigenvalue weighted by Crippen LogP contribution is -2.28. The molecule has 2 aromatic carbocycles. The molecule has 0 spiro atoms. The van der Waals surface area contributed by atoms with Gasteiger partial charge in [-0.2, -0.15) is 4.98 Å². The highest BCUT2D eigenvalue weighted by Crippen LogP contribution is 2.25. The molecule has 1 saturated heterocycles. The van der Waals surface area contributed by atoms with Crippen molar-refractivity contribution in [2.75, 3.05) is 11.9 Å². The van der Waals surface area contributed by atoms with Crippen molar-refractivity contribution in [3.8, 4) is 22.8 Å². The zero-order valence-electron chi connectivity index (χ0n) is 18.6. The average molecular weight is 454 g/mol. The molecule has 8 heteroatoms. The van der Waals surface area contributed by atoms with Crippen molar-refractivity contribution in [1.29, 1.82) is 0 Å². The second kappa shape index (κ2) is 9.27. The number of hydrogen-bond acceptors (Lipinski definition) is 6. The standard InChI is InChI=1S/C26H23N5O3/c1-17-4-6-20(7-5-17)26-29-24(30-34-26)19-8-10-22(11-9-19)28-25(33)21-13-23(32)31(16-21)15-18-3-2-12-27-14-18/h2-12,14,21H,13,15-16H2,1H3,(H,28,33). The van der Waals surface area contributed by atoms with Crippen LogP contribution in [0.5, 0.6) is 0 Å². The van der Waals surface area contributed by atoms with Crippen LogP contribution in [0.1, 0.15) is 17.5 Å². The van der Waals surface area contributed by atoms with Gasteiger partial charge in [0.25, 0.3) is 5.89 Å². The van der Waals surface area contributed by atoms with Crippen molar-refractivity contribution in [2.45, 2.75) is 19.9 Å². The third-order valence-corrected chi connectivity index (χ3v) is 5.82. The number of hydrogen-bond donors (Lipinski definition) is 1. The van der Waals surface area contributed by atoms with E-state index < -0.39 is 5.92 Å². The first kappa shape index (κ1) is 21.5. The Labute approximate surface area is 196 Å². The van der Waals surface area contributed by atoms with E-state index in [0.717, 1.165) is 22.3 Å². The molecule has 2 aromatic heterocycles. The SMILES string of the molecule is Cc1ccc(-c2nc(-c3ccc(NC(=O)C4CC(=O)N(Cc5cccnc5)C4)cc3)no2)cc1. The van der Waals surface area contributed by atoms with Crippen LogP contribution in [-0.4, -0.2) is 38.4 Å². The quantitative estimate of drug-likeness (QED) is 0.472. The molecule has 1 atom stereocenters. The molecular formula is C26H23N5O3. The van der Waals surface area contributed by atoms with Gasteiger partial charge in [0.05, 0.1) is 5.92 Å². The fraction of sp³-hybridized carbons (Fsp3) is 0.192. The van der Waals surface area contributed by atoms with Gasteiger partial charge in [0, 0.05) is 48.7 Å². The van der Waals surface area contributed by atoms with Crippen LogP contribution < -0.4 is 5.32 Å². The average Bonchev–Trinajstić information content (AvgIpc) is 3.48. The number of nitrogens with zero attached hydrogens (tertiary/aromatic N) is 4. The summed E-state index contributed by atoms with van der Waals surface area (Å²) in [6.45, 7) is 2.87. The molecule has 1 fully saturated rings. The Kier molecular flexibility index (Phi) is 5.86. The minimum absolute atomic E-state index is 0.0270. The van der Waals surface area contributed by atoms with E-state index in [0.29, 0.717) is 30.5 Å². The third kappa shape index (κ3) is 4.71. The van der Waals surface area contributed by atoms with Gasteiger partial charge in [-0.1, -0.05) is 28.9 Å². The Morgan fingerprint density at radius 1 is 1.09 bits per heavy atom. The number of anilines is 1. The van der Waals surface area contributed by atoms with Crippen LogP contribution in [0.2, 0.25) is 0 Å². The third-order valence-electron chi connectivity index (χ3n) is 5.82. The summed E-state index contributed by atoms with van der Waals surface area (Å²) in [5.74, 6) is 0.338. The highest BCUT2D eigenvalue weighted by atomic mass is 16.5. The molecule has 3 heterocycles. The van der Waals surface area contributed by atoms with Gasteiger partial charge < -0.3 is 14.7 Å². The number of pyridine rings is 1. The van der Waals surface area contributed by atoms with Crippen molar-refractivity contribution >= 4 is 17.5 Å². The van der Waals surface area contributed by atoms with Crippen molar-refractivity contribution in [1.82, 2.24) is 20.0 Å². The van der Waals surface area contributed by atoms with Crippen LogP contribution in [-0.2, 0) is 16.1 Å². The maximum Gasteiger partial charge on any atom is 0.258 e. The lowest BCUT2D eigenvalue weighted by molar-refractivity contribution is -0.128. The van der Waals surface area contributed by atoms with E-state index in [1.807, 2.05) is 55.5 Å². The lowest BCUT2D eigenvalue weighted by atomic mass is 10.1. The second-order valence-corrected chi connectivity index (χ2v) is 8.39. The Hall–Kier alpha value is -4.33. The first-order chi connectivity index (χ1) is 16.5. The second-order valence-electron chi connectivity index (χ2n) is 8.39. The molecular weight excluding hydrogens is 430 g/mol. The summed E-state index contributed by atoms with van der Waals surface area (Å²) in [5, 5.41) is 6.98. The van der Waals surface area contributed by atoms with E-state index in [4.69, 9.17) is 4.52 Å². The molecule has 34 heavy (non-hydrogen) atoms. The van der Waals surface area contributed by atoms with Crippen LogP contribution in [0.3, 0.4) is 0 Å². The number of benzene rings is 2. The summed E-state index contributed by atoms with van der Waals surface area (Å²) < 4.78 is 5.40. The van der Waals surface area contributed by atoms with E-state index in [9.17, 15) is 9.59 Å². The maximum atomic E-state index is 12.8. The Morgan fingerprint density at radius 2 is 1.85 bits per heavy atom. The monoisotopic (exact) mass is 453 g/mol. The summed E-state index contributed by atoms with van der Waals surface area (Å²) in [6.07, 6.45) is 3.63. The predicted octanol–water partition coefficient (Wildman–Crippen LogP) is 4.09. The topological polar surface area (TPSA) is 101 Å². The number of amides is 2. The molecule has 4 aromatic rings. The largest absolute Gasteiger partial charge is 0.337 e. The number of carbonyl (C=O) groups is 2. The van der Waals surface area contributed by atoms with E-state index in [1.54, 1.807) is 29.4 Å². The minimum atomic E-state index is -0.391. The van der Waals surface area contributed by atoms with Gasteiger partial charge >= 0.3 is 0 Å². The van der Waals surface area contributed by atoms with Gasteiger partial charge in [-0.25, -0.2) is 0 Å². The normalized spacial score (nSPS) is 15.5. The first-order valence-corrected chi connectivity index (χ1v) is 11.0. The highest BCUT2D eigenvalue weighted by Gasteiger charge is 2.34. The summed E-state index contributed by atoms with van der Waals surface area (Å²) in [5.41, 5.74) is 4.38. The van der Waals surface area contributed by atoms with Crippen LogP contribution in [0.25, 0.3) is 22.8 Å². The van der Waals surface area contributed by atoms with Crippen molar-refractivity contribution in [3.63, 3.8) is 0 Å². The fourth-order valence-electron chi connectivity index (χ4n) is 3.91. The molecule has 1 N–H and O–H groups in total. The molecule has 1 unspecified atom stereocenters. The van der Waals surface area contributed by atoms with Gasteiger partial charge in [-0.3, -0.25) is 14.6 Å². The molecule has 170 valence electrons. The number of aryl methyl sites for hydroxylation is 1. The smallest absolute Gasteiger partial charge is 0.258 e. The van der Waals surface area contributed by atoms with Crippen molar-refractivity contribution in [3.05, 3.63) is 84.2 Å². The summed E-state index contributed by atoms with van der Waals surface area (Å²) >= 11 is 0. The molecule has 1 aliphatic rings. The summed E-state index contributed by atoms with van der Waals surface area (Å²) in [7, 11) is 0. The highest BCUT2D eigenvalue weighted by molar-refractivity contribution is 5.97. The Morgan fingerprint density at radius 3 is 2.59 bits per heavy atom. The zero-order valence-corrected chi connectivity index (χ0v) is 18.6. The van der Waals surface area contributed by atoms with Gasteiger partial charge in [0.15, 0.2) is 0 Å². The number of carbonyl (C=O) groups excluding carboxylic acids is 2. The molecule has 0 aliphatic carbocycles. The van der Waals surface area contributed by atoms with Crippen molar-refractivity contribution < 1.29 is 14.1 Å².